The van der Waals surface area contributed by atoms with Crippen molar-refractivity contribution in [3.8, 4) is 5.75 Å². The maximum Gasteiger partial charge on any atom is 0.166 e. The number of para-hydroxylation sites is 1. The largest absolute Gasteiger partial charge is 0.507 e. The van der Waals surface area contributed by atoms with E-state index in [2.05, 4.69) is 0 Å². The Labute approximate surface area is 92.8 Å². The number of aliphatic hydroxyl groups is 1. The highest BCUT2D eigenvalue weighted by Crippen LogP contribution is 2.22. The Balaban J connectivity index is 2.90. The van der Waals surface area contributed by atoms with Crippen LogP contribution in [0.15, 0.2) is 30.3 Å². The molecule has 2 N–H and O–H groups in total. The molecule has 1 rings (SSSR count). The second-order valence-electron chi connectivity index (χ2n) is 3.39. The Morgan fingerprint density at radius 2 is 1.94 bits per heavy atom. The zero-order chi connectivity index (χ0) is 12.1. The van der Waals surface area contributed by atoms with Crippen LogP contribution in [0.25, 0.3) is 5.76 Å². The minimum absolute atomic E-state index is 0.119. The monoisotopic (exact) mass is 220 g/mol. The van der Waals surface area contributed by atoms with Gasteiger partial charge in [0.1, 0.15) is 17.3 Å². The highest BCUT2D eigenvalue weighted by molar-refractivity contribution is 6.06. The van der Waals surface area contributed by atoms with E-state index in [9.17, 15) is 19.8 Å². The van der Waals surface area contributed by atoms with Gasteiger partial charge in [0.25, 0.3) is 0 Å². The van der Waals surface area contributed by atoms with Crippen molar-refractivity contribution in [2.75, 3.05) is 0 Å². The fraction of sp³-hybridized carbons (Fsp3) is 0.167. The topological polar surface area (TPSA) is 74.6 Å². The van der Waals surface area contributed by atoms with Crippen LogP contribution in [0.5, 0.6) is 5.75 Å². The summed E-state index contributed by atoms with van der Waals surface area (Å²) in [4.78, 5) is 21.9. The van der Waals surface area contributed by atoms with Crippen LogP contribution in [-0.4, -0.2) is 21.8 Å². The van der Waals surface area contributed by atoms with Crippen LogP contribution < -0.4 is 0 Å². The van der Waals surface area contributed by atoms with E-state index in [0.717, 1.165) is 6.08 Å². The summed E-state index contributed by atoms with van der Waals surface area (Å²) in [5, 5.41) is 19.0. The van der Waals surface area contributed by atoms with E-state index in [4.69, 9.17) is 0 Å². The first-order chi connectivity index (χ1) is 7.50. The third-order valence-corrected chi connectivity index (χ3v) is 1.90. The van der Waals surface area contributed by atoms with Crippen molar-refractivity contribution in [3.05, 3.63) is 35.9 Å². The van der Waals surface area contributed by atoms with Gasteiger partial charge in [0, 0.05) is 6.08 Å². The van der Waals surface area contributed by atoms with Gasteiger partial charge in [-0.3, -0.25) is 9.59 Å². The van der Waals surface area contributed by atoms with E-state index in [0.29, 0.717) is 0 Å². The molecule has 0 saturated carbocycles. The predicted molar refractivity (Wildman–Crippen MR) is 59.0 cm³/mol. The predicted octanol–water partition coefficient (Wildman–Crippen LogP) is 1.84. The van der Waals surface area contributed by atoms with Crippen LogP contribution in [0.1, 0.15) is 18.9 Å². The van der Waals surface area contributed by atoms with E-state index < -0.39 is 5.78 Å². The number of phenolic OH excluding ortho intramolecular Hbond substituents is 1. The fourth-order valence-electron chi connectivity index (χ4n) is 1.22. The first-order valence-corrected chi connectivity index (χ1v) is 4.72. The van der Waals surface area contributed by atoms with Gasteiger partial charge in [0.05, 0.1) is 12.0 Å². The molecule has 0 unspecified atom stereocenters. The van der Waals surface area contributed by atoms with Crippen molar-refractivity contribution in [1.29, 1.82) is 0 Å². The molecule has 0 heterocycles. The molecule has 0 aliphatic carbocycles. The van der Waals surface area contributed by atoms with Gasteiger partial charge in [-0.2, -0.15) is 0 Å². The van der Waals surface area contributed by atoms with Crippen LogP contribution in [0.4, 0.5) is 0 Å². The zero-order valence-corrected chi connectivity index (χ0v) is 8.80. The lowest BCUT2D eigenvalue weighted by molar-refractivity contribution is -0.123. The van der Waals surface area contributed by atoms with E-state index in [-0.39, 0.29) is 29.3 Å². The number of aliphatic hydroxyl groups excluding tert-OH is 1. The van der Waals surface area contributed by atoms with Gasteiger partial charge in [-0.25, -0.2) is 0 Å². The van der Waals surface area contributed by atoms with E-state index in [1.54, 1.807) is 12.1 Å². The standard InChI is InChI=1S/C12H12O4/c1-8(13)6-9(14)7-12(16)10-4-2-3-5-11(10)15/h2-5,7,15-16H,6H2,1H3. The van der Waals surface area contributed by atoms with Gasteiger partial charge in [-0.1, -0.05) is 12.1 Å². The molecule has 84 valence electrons. The Morgan fingerprint density at radius 1 is 1.31 bits per heavy atom. The van der Waals surface area contributed by atoms with Crippen LogP contribution in [0, 0.1) is 0 Å². The Kier molecular flexibility index (Phi) is 3.83. The van der Waals surface area contributed by atoms with Crippen LogP contribution in [-0.2, 0) is 9.59 Å². The molecular formula is C12H12O4. The summed E-state index contributed by atoms with van der Waals surface area (Å²) in [5.74, 6) is -1.23. The molecule has 0 bridgehead atoms. The van der Waals surface area contributed by atoms with Gasteiger partial charge < -0.3 is 10.2 Å². The van der Waals surface area contributed by atoms with E-state index in [1.807, 2.05) is 0 Å². The molecule has 16 heavy (non-hydrogen) atoms. The van der Waals surface area contributed by atoms with Gasteiger partial charge in [0.2, 0.25) is 0 Å². The number of hydrogen-bond donors (Lipinski definition) is 2. The van der Waals surface area contributed by atoms with Gasteiger partial charge >= 0.3 is 0 Å². The second kappa shape index (κ2) is 5.11. The first kappa shape index (κ1) is 12.0. The number of aromatic hydroxyl groups is 1. The summed E-state index contributed by atoms with van der Waals surface area (Å²) in [6, 6.07) is 6.09. The molecule has 4 heteroatoms. The molecule has 0 saturated heterocycles. The highest BCUT2D eigenvalue weighted by atomic mass is 16.3. The number of benzene rings is 1. The lowest BCUT2D eigenvalue weighted by Crippen LogP contribution is -2.01. The lowest BCUT2D eigenvalue weighted by Gasteiger charge is -2.02. The quantitative estimate of drug-likeness (QED) is 0.461. The average Bonchev–Trinajstić information content (AvgIpc) is 2.16. The SMILES string of the molecule is CC(=O)CC(=O)C=C(O)c1ccccc1O. The summed E-state index contributed by atoms with van der Waals surface area (Å²) < 4.78 is 0. The molecule has 1 aromatic rings. The normalized spacial score (nSPS) is 11.2. The molecule has 1 aromatic carbocycles. The van der Waals surface area contributed by atoms with Crippen molar-refractivity contribution in [3.63, 3.8) is 0 Å². The van der Waals surface area contributed by atoms with Crippen LogP contribution in [0.3, 0.4) is 0 Å². The van der Waals surface area contributed by atoms with Gasteiger partial charge in [-0.15, -0.1) is 0 Å². The van der Waals surface area contributed by atoms with Gasteiger partial charge in [0.15, 0.2) is 5.78 Å². The molecule has 0 spiro atoms. The molecule has 0 aliphatic rings. The molecule has 0 amide bonds. The summed E-state index contributed by atoms with van der Waals surface area (Å²) in [6.45, 7) is 1.29. The number of allylic oxidation sites excluding steroid dienone is 1. The highest BCUT2D eigenvalue weighted by Gasteiger charge is 2.08. The van der Waals surface area contributed by atoms with E-state index >= 15 is 0 Å². The summed E-state index contributed by atoms with van der Waals surface area (Å²) in [5.41, 5.74) is 0.166. The van der Waals surface area contributed by atoms with Crippen LogP contribution in [0.2, 0.25) is 0 Å². The summed E-state index contributed by atoms with van der Waals surface area (Å²) in [6.07, 6.45) is 0.689. The van der Waals surface area contributed by atoms with Crippen LogP contribution >= 0.6 is 0 Å². The second-order valence-corrected chi connectivity index (χ2v) is 3.39. The Bertz CT molecular complexity index is 446. The zero-order valence-electron chi connectivity index (χ0n) is 8.80. The number of hydrogen-bond acceptors (Lipinski definition) is 4. The van der Waals surface area contributed by atoms with Gasteiger partial charge in [-0.05, 0) is 19.1 Å². The molecule has 0 fully saturated rings. The number of carbonyl (C=O) groups excluding carboxylic acids is 2. The summed E-state index contributed by atoms with van der Waals surface area (Å²) >= 11 is 0. The number of phenols is 1. The number of Topliss-reactive ketones (excluding diaryl/α,β-unsaturated/α-hetero) is 1. The molecule has 0 radical (unpaired) electrons. The maximum atomic E-state index is 11.2. The smallest absolute Gasteiger partial charge is 0.166 e. The molecule has 0 aliphatic heterocycles. The van der Waals surface area contributed by atoms with Crippen molar-refractivity contribution in [2.45, 2.75) is 13.3 Å². The fourth-order valence-corrected chi connectivity index (χ4v) is 1.22. The molecule has 4 nitrogen and oxygen atoms in total. The molecular weight excluding hydrogens is 208 g/mol. The van der Waals surface area contributed by atoms with E-state index in [1.165, 1.54) is 19.1 Å². The number of rotatable bonds is 4. The van der Waals surface area contributed by atoms with Crippen molar-refractivity contribution in [1.82, 2.24) is 0 Å². The minimum Gasteiger partial charge on any atom is -0.507 e. The summed E-state index contributed by atoms with van der Waals surface area (Å²) in [7, 11) is 0. The number of carbonyl (C=O) groups is 2. The lowest BCUT2D eigenvalue weighted by atomic mass is 10.1. The molecule has 0 aromatic heterocycles. The third-order valence-electron chi connectivity index (χ3n) is 1.90. The number of ketones is 2. The average molecular weight is 220 g/mol. The Morgan fingerprint density at radius 3 is 2.50 bits per heavy atom. The minimum atomic E-state index is -0.492. The van der Waals surface area contributed by atoms with Crippen molar-refractivity contribution in [2.24, 2.45) is 0 Å². The third kappa shape index (κ3) is 3.24. The van der Waals surface area contributed by atoms with Crippen molar-refractivity contribution >= 4 is 17.3 Å². The Hall–Kier alpha value is -2.10. The first-order valence-electron chi connectivity index (χ1n) is 4.72. The molecule has 0 atom stereocenters. The maximum absolute atomic E-state index is 11.2. The van der Waals surface area contributed by atoms with Crippen molar-refractivity contribution < 1.29 is 19.8 Å².